The van der Waals surface area contributed by atoms with Gasteiger partial charge in [0.2, 0.25) is 11.3 Å². The number of hydrogen-bond acceptors (Lipinski definition) is 4. The normalized spacial score (nSPS) is 10.8. The van der Waals surface area contributed by atoms with Crippen LogP contribution < -0.4 is 10.7 Å². The van der Waals surface area contributed by atoms with Crippen LogP contribution in [-0.4, -0.2) is 15.7 Å². The van der Waals surface area contributed by atoms with Crippen LogP contribution in [0, 0.1) is 0 Å². The van der Waals surface area contributed by atoms with Crippen LogP contribution >= 0.6 is 11.8 Å². The molecule has 0 atom stereocenters. The Hall–Kier alpha value is -3.38. The van der Waals surface area contributed by atoms with Crippen molar-refractivity contribution in [2.24, 2.45) is 0 Å². The van der Waals surface area contributed by atoms with Gasteiger partial charge in [-0.05, 0) is 29.8 Å². The van der Waals surface area contributed by atoms with Gasteiger partial charge in [0.25, 0.3) is 0 Å². The van der Waals surface area contributed by atoms with Crippen molar-refractivity contribution in [3.63, 3.8) is 0 Å². The molecule has 0 aliphatic heterocycles. The molecule has 30 heavy (non-hydrogen) atoms. The summed E-state index contributed by atoms with van der Waals surface area (Å²) in [6, 6.07) is 25.4. The van der Waals surface area contributed by atoms with Gasteiger partial charge >= 0.3 is 0 Å². The minimum Gasteiger partial charge on any atom is -0.325 e. The van der Waals surface area contributed by atoms with Crippen molar-refractivity contribution in [2.75, 3.05) is 5.32 Å². The molecule has 150 valence electrons. The molecule has 4 aromatic rings. The van der Waals surface area contributed by atoms with Crippen molar-refractivity contribution >= 4 is 34.3 Å². The molecule has 0 aliphatic carbocycles. The van der Waals surface area contributed by atoms with E-state index in [0.29, 0.717) is 11.9 Å². The summed E-state index contributed by atoms with van der Waals surface area (Å²) in [5.74, 6) is 0.744. The first-order chi connectivity index (χ1) is 14.7. The van der Waals surface area contributed by atoms with E-state index in [2.05, 4.69) is 22.5 Å². The second-order valence-corrected chi connectivity index (χ2v) is 7.83. The number of nitrogens with one attached hydrogen (secondary N) is 1. The van der Waals surface area contributed by atoms with Gasteiger partial charge in [-0.1, -0.05) is 54.6 Å². The highest BCUT2D eigenvalue weighted by molar-refractivity contribution is 7.98. The lowest BCUT2D eigenvalue weighted by Gasteiger charge is -2.12. The van der Waals surface area contributed by atoms with Gasteiger partial charge in [0, 0.05) is 22.5 Å². The van der Waals surface area contributed by atoms with Gasteiger partial charge in [-0.2, -0.15) is 5.10 Å². The number of para-hydroxylation sites is 2. The second-order valence-electron chi connectivity index (χ2n) is 6.82. The molecule has 1 N–H and O–H groups in total. The number of carbonyl (C=O) groups excluding carboxylic acids is 1. The number of fused-ring (bicyclic) bond motifs is 1. The maximum absolute atomic E-state index is 12.6. The minimum absolute atomic E-state index is 0.0904. The summed E-state index contributed by atoms with van der Waals surface area (Å²) in [7, 11) is 0. The number of nitrogens with zero attached hydrogens (tertiary/aromatic N) is 2. The van der Waals surface area contributed by atoms with Crippen LogP contribution in [0.1, 0.15) is 12.0 Å². The highest BCUT2D eigenvalue weighted by Crippen LogP contribution is 2.29. The summed E-state index contributed by atoms with van der Waals surface area (Å²) in [5, 5.41) is 7.81. The predicted octanol–water partition coefficient (Wildman–Crippen LogP) is 4.72. The third-order valence-corrected chi connectivity index (χ3v) is 5.86. The van der Waals surface area contributed by atoms with Gasteiger partial charge in [-0.3, -0.25) is 14.3 Å². The number of hydrogen-bond donors (Lipinski definition) is 1. The van der Waals surface area contributed by atoms with Crippen LogP contribution in [0.5, 0.6) is 0 Å². The van der Waals surface area contributed by atoms with E-state index in [4.69, 9.17) is 0 Å². The van der Waals surface area contributed by atoms with E-state index in [0.717, 1.165) is 21.9 Å². The topological polar surface area (TPSA) is 64.0 Å². The van der Waals surface area contributed by atoms with Crippen LogP contribution in [0.3, 0.4) is 0 Å². The summed E-state index contributed by atoms with van der Waals surface area (Å²) in [6.07, 6.45) is 1.56. The van der Waals surface area contributed by atoms with E-state index >= 15 is 0 Å². The lowest BCUT2D eigenvalue weighted by atomic mass is 10.2. The van der Waals surface area contributed by atoms with Gasteiger partial charge < -0.3 is 5.32 Å². The summed E-state index contributed by atoms with van der Waals surface area (Å²) >= 11 is 1.69. The molecule has 0 unspecified atom stereocenters. The van der Waals surface area contributed by atoms with Crippen molar-refractivity contribution in [2.45, 2.75) is 23.6 Å². The zero-order valence-electron chi connectivity index (χ0n) is 16.3. The third-order valence-electron chi connectivity index (χ3n) is 4.71. The number of amides is 1. The molecule has 1 heterocycles. The molecule has 0 fully saturated rings. The fourth-order valence-corrected chi connectivity index (χ4v) is 4.15. The lowest BCUT2D eigenvalue weighted by molar-refractivity contribution is -0.116. The summed E-state index contributed by atoms with van der Waals surface area (Å²) in [5.41, 5.74) is 2.66. The maximum Gasteiger partial charge on any atom is 0.226 e. The van der Waals surface area contributed by atoms with Crippen molar-refractivity contribution in [3.05, 3.63) is 101 Å². The lowest BCUT2D eigenvalue weighted by Crippen LogP contribution is -2.18. The zero-order chi connectivity index (χ0) is 20.8. The molecule has 0 spiro atoms. The molecule has 0 bridgehead atoms. The average Bonchev–Trinajstić information content (AvgIpc) is 2.79. The molecular weight excluding hydrogens is 394 g/mol. The first-order valence-corrected chi connectivity index (χ1v) is 10.7. The van der Waals surface area contributed by atoms with E-state index in [-0.39, 0.29) is 17.8 Å². The van der Waals surface area contributed by atoms with E-state index < -0.39 is 0 Å². The Morgan fingerprint density at radius 3 is 2.53 bits per heavy atom. The molecule has 3 aromatic carbocycles. The van der Waals surface area contributed by atoms with Crippen LogP contribution in [-0.2, 0) is 17.1 Å². The number of carbonyl (C=O) groups is 1. The number of thioether (sulfide) groups is 1. The van der Waals surface area contributed by atoms with Crippen LogP contribution in [0.15, 0.2) is 94.7 Å². The standard InChI is InChI=1S/C24H21N3O2S/c28-22-16-25-27(21-12-6-4-10-19(21)22)15-14-24(29)26-20-11-5-7-13-23(20)30-17-18-8-2-1-3-9-18/h1-13,16H,14-15,17H2,(H,26,29). The van der Waals surface area contributed by atoms with Gasteiger partial charge in [0.1, 0.15) is 0 Å². The van der Waals surface area contributed by atoms with Crippen molar-refractivity contribution < 1.29 is 4.79 Å². The number of rotatable bonds is 7. The number of anilines is 1. The van der Waals surface area contributed by atoms with E-state index in [1.165, 1.54) is 11.8 Å². The SMILES string of the molecule is O=C(CCn1ncc(=O)c2ccccc21)Nc1ccccc1SCc1ccccc1. The Kier molecular flexibility index (Phi) is 6.25. The largest absolute Gasteiger partial charge is 0.325 e. The summed E-state index contributed by atoms with van der Waals surface area (Å²) in [6.45, 7) is 0.395. The van der Waals surface area contributed by atoms with Crippen LogP contribution in [0.4, 0.5) is 5.69 Å². The van der Waals surface area contributed by atoms with Gasteiger partial charge in [0.05, 0.1) is 23.9 Å². The second kappa shape index (κ2) is 9.41. The maximum atomic E-state index is 12.6. The molecular formula is C24H21N3O2S. The molecule has 0 saturated heterocycles. The van der Waals surface area contributed by atoms with Crippen LogP contribution in [0.25, 0.3) is 10.9 Å². The number of aryl methyl sites for hydroxylation is 1. The first kappa shape index (κ1) is 19.9. The summed E-state index contributed by atoms with van der Waals surface area (Å²) in [4.78, 5) is 25.6. The van der Waals surface area contributed by atoms with Gasteiger partial charge in [0.15, 0.2) is 0 Å². The fraction of sp³-hybridized carbons (Fsp3) is 0.125. The molecule has 0 radical (unpaired) electrons. The van der Waals surface area contributed by atoms with Crippen molar-refractivity contribution in [3.8, 4) is 0 Å². The van der Waals surface area contributed by atoms with Crippen molar-refractivity contribution in [1.82, 2.24) is 9.78 Å². The highest BCUT2D eigenvalue weighted by Gasteiger charge is 2.09. The van der Waals surface area contributed by atoms with E-state index in [1.54, 1.807) is 22.5 Å². The van der Waals surface area contributed by atoms with E-state index in [1.807, 2.05) is 60.7 Å². The molecule has 4 rings (SSSR count). The molecule has 1 amide bonds. The monoisotopic (exact) mass is 415 g/mol. The molecule has 0 saturated carbocycles. The quantitative estimate of drug-likeness (QED) is 0.444. The Morgan fingerprint density at radius 2 is 1.67 bits per heavy atom. The number of benzene rings is 3. The fourth-order valence-electron chi connectivity index (χ4n) is 3.19. The van der Waals surface area contributed by atoms with Crippen LogP contribution in [0.2, 0.25) is 0 Å². The third kappa shape index (κ3) is 4.78. The smallest absolute Gasteiger partial charge is 0.226 e. The van der Waals surface area contributed by atoms with Gasteiger partial charge in [-0.25, -0.2) is 0 Å². The van der Waals surface area contributed by atoms with Crippen molar-refractivity contribution in [1.29, 1.82) is 0 Å². The average molecular weight is 416 g/mol. The molecule has 6 heteroatoms. The molecule has 5 nitrogen and oxygen atoms in total. The van der Waals surface area contributed by atoms with E-state index in [9.17, 15) is 9.59 Å². The Balaban J connectivity index is 1.41. The van der Waals surface area contributed by atoms with Gasteiger partial charge in [-0.15, -0.1) is 11.8 Å². The first-order valence-electron chi connectivity index (χ1n) is 9.71. The molecule has 1 aromatic heterocycles. The summed E-state index contributed by atoms with van der Waals surface area (Å²) < 4.78 is 1.70. The predicted molar refractivity (Wildman–Crippen MR) is 122 cm³/mol. The minimum atomic E-state index is -0.115. The Morgan fingerprint density at radius 1 is 0.933 bits per heavy atom. The number of aromatic nitrogens is 2. The Labute approximate surface area is 178 Å². The highest BCUT2D eigenvalue weighted by atomic mass is 32.2. The molecule has 0 aliphatic rings. The Bertz CT molecular complexity index is 1220. The zero-order valence-corrected chi connectivity index (χ0v) is 17.1.